The lowest BCUT2D eigenvalue weighted by molar-refractivity contribution is 0.602. The molecule has 1 atom stereocenters. The van der Waals surface area contributed by atoms with Crippen LogP contribution in [0.5, 0.6) is 0 Å². The van der Waals surface area contributed by atoms with Gasteiger partial charge in [0.25, 0.3) is 5.56 Å². The van der Waals surface area contributed by atoms with Crippen molar-refractivity contribution in [2.45, 2.75) is 5.92 Å². The van der Waals surface area contributed by atoms with Crippen LogP contribution >= 0.6 is 11.3 Å². The van der Waals surface area contributed by atoms with E-state index in [-0.39, 0.29) is 21.8 Å². The number of fused-ring (bicyclic) bond motifs is 2. The van der Waals surface area contributed by atoms with Crippen LogP contribution in [0.4, 0.5) is 16.0 Å². The number of H-pyrrole nitrogens is 1. The highest BCUT2D eigenvalue weighted by atomic mass is 32.1. The van der Waals surface area contributed by atoms with E-state index in [2.05, 4.69) is 10.3 Å². The number of thiazole rings is 1. The highest BCUT2D eigenvalue weighted by molar-refractivity contribution is 7.10. The third-order valence-electron chi connectivity index (χ3n) is 4.39. The number of aromatic amines is 1. The zero-order chi connectivity index (χ0) is 17.9. The van der Waals surface area contributed by atoms with Crippen molar-refractivity contribution in [3.63, 3.8) is 0 Å². The van der Waals surface area contributed by atoms with Crippen molar-refractivity contribution in [1.82, 2.24) is 14.1 Å². The number of nitrogens with zero attached hydrogens (tertiary/aromatic N) is 2. The summed E-state index contributed by atoms with van der Waals surface area (Å²) in [6, 6.07) is 6.11. The minimum absolute atomic E-state index is 0.234. The molecule has 0 aliphatic carbocycles. The molecule has 0 spiro atoms. The average molecular weight is 360 g/mol. The fraction of sp³-hybridized carbons (Fsp3) is 0.188. The van der Waals surface area contributed by atoms with E-state index in [9.17, 15) is 18.8 Å². The molecule has 0 bridgehead atoms. The van der Waals surface area contributed by atoms with Crippen LogP contribution in [0.15, 0.2) is 38.6 Å². The van der Waals surface area contributed by atoms with E-state index in [0.29, 0.717) is 10.7 Å². The molecule has 9 heteroatoms. The van der Waals surface area contributed by atoms with Gasteiger partial charge in [0.1, 0.15) is 17.5 Å². The number of hydrogen-bond donors (Lipinski definition) is 2. The lowest BCUT2D eigenvalue weighted by Gasteiger charge is -2.27. The van der Waals surface area contributed by atoms with E-state index in [0.717, 1.165) is 15.9 Å². The van der Waals surface area contributed by atoms with Crippen molar-refractivity contribution in [2.75, 3.05) is 5.32 Å². The molecule has 0 saturated carbocycles. The van der Waals surface area contributed by atoms with Crippen LogP contribution in [0.25, 0.3) is 0 Å². The van der Waals surface area contributed by atoms with Crippen molar-refractivity contribution < 1.29 is 4.39 Å². The minimum Gasteiger partial charge on any atom is -0.326 e. The zero-order valence-electron chi connectivity index (χ0n) is 13.3. The van der Waals surface area contributed by atoms with E-state index in [1.165, 1.54) is 24.7 Å². The maximum absolute atomic E-state index is 14.5. The molecular formula is C16H13FN4O3S. The van der Waals surface area contributed by atoms with E-state index in [1.807, 2.05) is 0 Å². The summed E-state index contributed by atoms with van der Waals surface area (Å²) < 4.78 is 16.8. The summed E-state index contributed by atoms with van der Waals surface area (Å²) in [7, 11) is 2.89. The largest absolute Gasteiger partial charge is 0.332 e. The molecule has 0 amide bonds. The number of halogens is 1. The molecule has 128 valence electrons. The number of aromatic nitrogens is 3. The fourth-order valence-electron chi connectivity index (χ4n) is 3.17. The van der Waals surface area contributed by atoms with E-state index < -0.39 is 23.0 Å². The number of rotatable bonds is 1. The Morgan fingerprint density at radius 2 is 1.84 bits per heavy atom. The molecule has 7 nitrogen and oxygen atoms in total. The first-order chi connectivity index (χ1) is 11.9. The molecule has 2 aromatic heterocycles. The van der Waals surface area contributed by atoms with Crippen LogP contribution < -0.4 is 21.4 Å². The van der Waals surface area contributed by atoms with Gasteiger partial charge in [-0.15, -0.1) is 0 Å². The summed E-state index contributed by atoms with van der Waals surface area (Å²) in [6.45, 7) is 0. The van der Waals surface area contributed by atoms with Crippen LogP contribution in [0.1, 0.15) is 21.9 Å². The van der Waals surface area contributed by atoms with E-state index >= 15 is 0 Å². The number of benzene rings is 1. The van der Waals surface area contributed by atoms with Gasteiger partial charge < -0.3 is 5.32 Å². The summed E-state index contributed by atoms with van der Waals surface area (Å²) in [5.41, 5.74) is -0.523. The SMILES string of the molecule is Cn1c2c(c(=O)n(C)c1=O)C(c1ccccc1F)c1sc(=O)[nH]c1N2. The standard InChI is InChI=1S/C16H13FN4O3S/c1-20-13-10(14(22)21(2)16(20)24)9(7-5-3-4-6-8(7)17)11-12(18-13)19-15(23)25-11/h3-6,9,18H,1-2H3,(H,19,23). The van der Waals surface area contributed by atoms with Crippen molar-refractivity contribution in [3.8, 4) is 0 Å². The second kappa shape index (κ2) is 5.28. The van der Waals surface area contributed by atoms with Gasteiger partial charge in [-0.25, -0.2) is 9.18 Å². The lowest BCUT2D eigenvalue weighted by Crippen LogP contribution is -2.42. The first kappa shape index (κ1) is 15.6. The summed E-state index contributed by atoms with van der Waals surface area (Å²) in [4.78, 5) is 39.7. The van der Waals surface area contributed by atoms with Crippen LogP contribution in [0.3, 0.4) is 0 Å². The number of anilines is 2. The Balaban J connectivity index is 2.16. The summed E-state index contributed by atoms with van der Waals surface area (Å²) >= 11 is 0.914. The van der Waals surface area contributed by atoms with Crippen molar-refractivity contribution >= 4 is 23.0 Å². The second-order valence-electron chi connectivity index (χ2n) is 5.80. The number of hydrogen-bond acceptors (Lipinski definition) is 5. The second-order valence-corrected chi connectivity index (χ2v) is 6.82. The molecule has 0 saturated heterocycles. The Morgan fingerprint density at radius 3 is 2.56 bits per heavy atom. The van der Waals surface area contributed by atoms with E-state index in [4.69, 9.17) is 0 Å². The molecule has 1 unspecified atom stereocenters. The topological polar surface area (TPSA) is 88.9 Å². The molecule has 1 aliphatic heterocycles. The van der Waals surface area contributed by atoms with Crippen molar-refractivity contribution in [2.24, 2.45) is 14.1 Å². The molecule has 0 radical (unpaired) electrons. The van der Waals surface area contributed by atoms with Gasteiger partial charge >= 0.3 is 10.6 Å². The Morgan fingerprint density at radius 1 is 1.12 bits per heavy atom. The van der Waals surface area contributed by atoms with Gasteiger partial charge in [-0.1, -0.05) is 29.5 Å². The Hall–Kier alpha value is -2.94. The molecule has 1 aromatic carbocycles. The van der Waals surface area contributed by atoms with Crippen molar-refractivity contribution in [1.29, 1.82) is 0 Å². The molecule has 0 fully saturated rings. The van der Waals surface area contributed by atoms with Gasteiger partial charge in [-0.3, -0.25) is 23.7 Å². The molecule has 4 rings (SSSR count). The zero-order valence-corrected chi connectivity index (χ0v) is 14.1. The normalized spacial score (nSPS) is 15.4. The maximum Gasteiger partial charge on any atom is 0.332 e. The van der Waals surface area contributed by atoms with Gasteiger partial charge in [0.15, 0.2) is 0 Å². The van der Waals surface area contributed by atoms with Crippen LogP contribution in [-0.4, -0.2) is 14.1 Å². The summed E-state index contributed by atoms with van der Waals surface area (Å²) in [6.07, 6.45) is 0. The van der Waals surface area contributed by atoms with Gasteiger partial charge in [0.05, 0.1) is 16.4 Å². The van der Waals surface area contributed by atoms with Crippen LogP contribution in [0, 0.1) is 5.82 Å². The van der Waals surface area contributed by atoms with E-state index in [1.54, 1.807) is 18.2 Å². The van der Waals surface area contributed by atoms with Gasteiger partial charge in [-0.05, 0) is 6.07 Å². The van der Waals surface area contributed by atoms with Crippen molar-refractivity contribution in [3.05, 3.63) is 76.6 Å². The fourth-order valence-corrected chi connectivity index (χ4v) is 4.09. The first-order valence-electron chi connectivity index (χ1n) is 7.44. The maximum atomic E-state index is 14.5. The Labute approximate surface area is 144 Å². The highest BCUT2D eigenvalue weighted by Gasteiger charge is 2.36. The highest BCUT2D eigenvalue weighted by Crippen LogP contribution is 2.43. The minimum atomic E-state index is -0.776. The number of nitrogens with one attached hydrogen (secondary N) is 2. The lowest BCUT2D eigenvalue weighted by atomic mass is 9.88. The predicted molar refractivity (Wildman–Crippen MR) is 92.5 cm³/mol. The molecule has 3 aromatic rings. The molecule has 25 heavy (non-hydrogen) atoms. The predicted octanol–water partition coefficient (Wildman–Crippen LogP) is 1.21. The Bertz CT molecular complexity index is 1190. The summed E-state index contributed by atoms with van der Waals surface area (Å²) in [5.74, 6) is -0.633. The molecule has 1 aliphatic rings. The monoisotopic (exact) mass is 360 g/mol. The summed E-state index contributed by atoms with van der Waals surface area (Å²) in [5, 5.41) is 2.94. The van der Waals surface area contributed by atoms with Crippen LogP contribution in [-0.2, 0) is 14.1 Å². The first-order valence-corrected chi connectivity index (χ1v) is 8.26. The quantitative estimate of drug-likeness (QED) is 0.534. The van der Waals surface area contributed by atoms with Gasteiger partial charge in [0, 0.05) is 19.7 Å². The molecule has 3 heterocycles. The third kappa shape index (κ3) is 2.12. The Kier molecular flexibility index (Phi) is 3.29. The third-order valence-corrected chi connectivity index (χ3v) is 5.33. The smallest absolute Gasteiger partial charge is 0.326 e. The van der Waals surface area contributed by atoms with Crippen LogP contribution in [0.2, 0.25) is 0 Å². The molecule has 2 N–H and O–H groups in total. The van der Waals surface area contributed by atoms with Gasteiger partial charge in [0.2, 0.25) is 0 Å². The van der Waals surface area contributed by atoms with Gasteiger partial charge in [-0.2, -0.15) is 0 Å². The molecular weight excluding hydrogens is 347 g/mol. The average Bonchev–Trinajstić information content (AvgIpc) is 2.97.